The van der Waals surface area contributed by atoms with Crippen molar-refractivity contribution in [3.8, 4) is 0 Å². The van der Waals surface area contributed by atoms with E-state index >= 15 is 0 Å². The van der Waals surface area contributed by atoms with E-state index in [2.05, 4.69) is 10.2 Å². The van der Waals surface area contributed by atoms with Crippen molar-refractivity contribution in [2.75, 3.05) is 13.1 Å². The van der Waals surface area contributed by atoms with Crippen LogP contribution in [0.15, 0.2) is 0 Å². The number of aliphatic hydroxyl groups excluding tert-OH is 1. The minimum atomic E-state index is -0.222. The topological polar surface area (TPSA) is 74.1 Å². The summed E-state index contributed by atoms with van der Waals surface area (Å²) in [6.45, 7) is 1.57. The molecule has 1 saturated heterocycles. The first kappa shape index (κ1) is 11.3. The highest BCUT2D eigenvalue weighted by molar-refractivity contribution is 7.71. The zero-order valence-corrected chi connectivity index (χ0v) is 9.66. The van der Waals surface area contributed by atoms with E-state index in [-0.39, 0.29) is 19.1 Å². The van der Waals surface area contributed by atoms with Crippen LogP contribution in [-0.2, 0) is 17.9 Å². The molecule has 1 aromatic rings. The molecule has 0 atom stereocenters. The van der Waals surface area contributed by atoms with Crippen LogP contribution in [0, 0.1) is 4.77 Å². The van der Waals surface area contributed by atoms with Crippen molar-refractivity contribution in [3.63, 3.8) is 0 Å². The summed E-state index contributed by atoms with van der Waals surface area (Å²) in [5.74, 6) is 0.433. The maximum Gasteiger partial charge on any atom is 0.242 e. The summed E-state index contributed by atoms with van der Waals surface area (Å²) in [6.07, 6.45) is 2.13. The van der Waals surface area contributed by atoms with Gasteiger partial charge >= 0.3 is 0 Å². The minimum absolute atomic E-state index is 0.0321. The van der Waals surface area contributed by atoms with Gasteiger partial charge < -0.3 is 10.0 Å². The van der Waals surface area contributed by atoms with Crippen LogP contribution < -0.4 is 0 Å². The normalized spacial score (nSPS) is 15.7. The Kier molecular flexibility index (Phi) is 3.35. The number of carbonyl (C=O) groups excluding carboxylic acids is 1. The number of aliphatic hydroxyl groups is 1. The lowest BCUT2D eigenvalue weighted by Crippen LogP contribution is -2.31. The highest BCUT2D eigenvalue weighted by Gasteiger charge is 2.19. The van der Waals surface area contributed by atoms with Gasteiger partial charge in [0.15, 0.2) is 10.6 Å². The van der Waals surface area contributed by atoms with Crippen molar-refractivity contribution in [3.05, 3.63) is 10.6 Å². The third-order valence-electron chi connectivity index (χ3n) is 2.73. The van der Waals surface area contributed by atoms with Crippen LogP contribution in [0.1, 0.15) is 18.7 Å². The molecule has 1 fully saturated rings. The van der Waals surface area contributed by atoms with Crippen LogP contribution >= 0.6 is 12.2 Å². The minimum Gasteiger partial charge on any atom is -0.388 e. The Hall–Kier alpha value is -1.21. The number of aromatic amines is 1. The fourth-order valence-electron chi connectivity index (χ4n) is 1.84. The molecule has 6 nitrogen and oxygen atoms in total. The van der Waals surface area contributed by atoms with E-state index in [0.29, 0.717) is 10.6 Å². The van der Waals surface area contributed by atoms with Gasteiger partial charge in [0, 0.05) is 13.1 Å². The standard InChI is InChI=1S/C9H14N4O2S/c14-6-7-10-11-9(16)13(7)5-8(15)12-3-1-2-4-12/h14H,1-6H2,(H,11,16). The van der Waals surface area contributed by atoms with E-state index in [1.54, 1.807) is 0 Å². The first-order chi connectivity index (χ1) is 7.72. The maximum absolute atomic E-state index is 11.9. The third kappa shape index (κ3) is 2.14. The van der Waals surface area contributed by atoms with Gasteiger partial charge in [-0.05, 0) is 25.1 Å². The van der Waals surface area contributed by atoms with E-state index in [0.717, 1.165) is 25.9 Å². The van der Waals surface area contributed by atoms with Gasteiger partial charge in [0.1, 0.15) is 13.2 Å². The van der Waals surface area contributed by atoms with E-state index in [9.17, 15) is 4.79 Å². The van der Waals surface area contributed by atoms with E-state index in [4.69, 9.17) is 17.3 Å². The second-order valence-corrected chi connectivity index (χ2v) is 4.16. The summed E-state index contributed by atoms with van der Waals surface area (Å²) in [5.41, 5.74) is 0. The zero-order chi connectivity index (χ0) is 11.5. The molecular formula is C9H14N4O2S. The average molecular weight is 242 g/mol. The molecule has 0 bridgehead atoms. The number of nitrogens with zero attached hydrogens (tertiary/aromatic N) is 3. The number of nitrogens with one attached hydrogen (secondary N) is 1. The first-order valence-corrected chi connectivity index (χ1v) is 5.66. The summed E-state index contributed by atoms with van der Waals surface area (Å²) >= 11 is 5.00. The highest BCUT2D eigenvalue weighted by Crippen LogP contribution is 2.09. The van der Waals surface area contributed by atoms with Crippen molar-refractivity contribution >= 4 is 18.1 Å². The van der Waals surface area contributed by atoms with Crippen LogP contribution in [0.5, 0.6) is 0 Å². The highest BCUT2D eigenvalue weighted by atomic mass is 32.1. The predicted molar refractivity (Wildman–Crippen MR) is 59.1 cm³/mol. The van der Waals surface area contributed by atoms with Gasteiger partial charge in [-0.3, -0.25) is 14.5 Å². The molecule has 1 amide bonds. The molecule has 1 aromatic heterocycles. The maximum atomic E-state index is 11.9. The molecule has 1 aliphatic rings. The summed E-state index contributed by atoms with van der Waals surface area (Å²) in [5, 5.41) is 15.4. The van der Waals surface area contributed by atoms with E-state index in [1.807, 2.05) is 4.90 Å². The molecule has 7 heteroatoms. The molecule has 0 radical (unpaired) electrons. The largest absolute Gasteiger partial charge is 0.388 e. The second kappa shape index (κ2) is 4.75. The fourth-order valence-corrected chi connectivity index (χ4v) is 2.05. The van der Waals surface area contributed by atoms with Crippen molar-refractivity contribution < 1.29 is 9.90 Å². The van der Waals surface area contributed by atoms with Gasteiger partial charge in [-0.15, -0.1) is 0 Å². The van der Waals surface area contributed by atoms with Crippen molar-refractivity contribution in [1.82, 2.24) is 19.7 Å². The summed E-state index contributed by atoms with van der Waals surface area (Å²) in [7, 11) is 0. The monoisotopic (exact) mass is 242 g/mol. The second-order valence-electron chi connectivity index (χ2n) is 3.78. The van der Waals surface area contributed by atoms with Crippen molar-refractivity contribution in [2.45, 2.75) is 26.0 Å². The number of hydrogen-bond acceptors (Lipinski definition) is 4. The van der Waals surface area contributed by atoms with Crippen molar-refractivity contribution in [1.29, 1.82) is 0 Å². The Labute approximate surface area is 97.9 Å². The van der Waals surface area contributed by atoms with Gasteiger partial charge in [0.25, 0.3) is 0 Å². The van der Waals surface area contributed by atoms with Crippen molar-refractivity contribution in [2.24, 2.45) is 0 Å². The molecular weight excluding hydrogens is 228 g/mol. The smallest absolute Gasteiger partial charge is 0.242 e. The molecule has 1 aliphatic heterocycles. The fraction of sp³-hybridized carbons (Fsp3) is 0.667. The number of hydrogen-bond donors (Lipinski definition) is 2. The van der Waals surface area contributed by atoms with Gasteiger partial charge in [0.05, 0.1) is 0 Å². The van der Waals surface area contributed by atoms with Gasteiger partial charge in [-0.2, -0.15) is 5.10 Å². The van der Waals surface area contributed by atoms with E-state index < -0.39 is 0 Å². The quantitative estimate of drug-likeness (QED) is 0.735. The summed E-state index contributed by atoms with van der Waals surface area (Å²) < 4.78 is 1.91. The van der Waals surface area contributed by atoms with Gasteiger partial charge in [0.2, 0.25) is 5.91 Å². The summed E-state index contributed by atoms with van der Waals surface area (Å²) in [6, 6.07) is 0. The number of carbonyl (C=O) groups is 1. The molecule has 88 valence electrons. The molecule has 0 aliphatic carbocycles. The Balaban J connectivity index is 2.10. The SMILES string of the molecule is O=C(Cn1c(CO)n[nH]c1=S)N1CCCC1. The Bertz CT molecular complexity index is 433. The lowest BCUT2D eigenvalue weighted by molar-refractivity contribution is -0.130. The Morgan fingerprint density at radius 1 is 1.50 bits per heavy atom. The van der Waals surface area contributed by atoms with Gasteiger partial charge in [-0.1, -0.05) is 0 Å². The molecule has 2 N–H and O–H groups in total. The molecule has 16 heavy (non-hydrogen) atoms. The molecule has 0 unspecified atom stereocenters. The summed E-state index contributed by atoms with van der Waals surface area (Å²) in [4.78, 5) is 13.7. The number of aromatic nitrogens is 3. The molecule has 2 rings (SSSR count). The number of amides is 1. The van der Waals surface area contributed by atoms with Crippen LogP contribution in [0.25, 0.3) is 0 Å². The van der Waals surface area contributed by atoms with Crippen LogP contribution in [0.2, 0.25) is 0 Å². The lowest BCUT2D eigenvalue weighted by atomic mass is 10.4. The van der Waals surface area contributed by atoms with Crippen LogP contribution in [0.4, 0.5) is 0 Å². The van der Waals surface area contributed by atoms with Crippen LogP contribution in [0.3, 0.4) is 0 Å². The first-order valence-electron chi connectivity index (χ1n) is 5.25. The third-order valence-corrected chi connectivity index (χ3v) is 3.04. The average Bonchev–Trinajstić information content (AvgIpc) is 2.89. The number of likely N-dealkylation sites (tertiary alicyclic amines) is 1. The zero-order valence-electron chi connectivity index (χ0n) is 8.85. The van der Waals surface area contributed by atoms with Gasteiger partial charge in [-0.25, -0.2) is 0 Å². The molecule has 2 heterocycles. The number of rotatable bonds is 3. The van der Waals surface area contributed by atoms with E-state index in [1.165, 1.54) is 4.57 Å². The predicted octanol–water partition coefficient (Wildman–Crippen LogP) is 0.0554. The Morgan fingerprint density at radius 2 is 2.19 bits per heavy atom. The van der Waals surface area contributed by atoms with Crippen LogP contribution in [-0.4, -0.2) is 43.8 Å². The lowest BCUT2D eigenvalue weighted by Gasteiger charge is -2.15. The molecule has 0 saturated carbocycles. The Morgan fingerprint density at radius 3 is 2.81 bits per heavy atom. The molecule has 0 aromatic carbocycles. The number of H-pyrrole nitrogens is 1. The molecule has 0 spiro atoms.